The number of aliphatic imine (C=N–C) groups is 2. The molecule has 11 heavy (non-hydrogen) atoms. The molecule has 0 fully saturated rings. The van der Waals surface area contributed by atoms with Gasteiger partial charge in [0.1, 0.15) is 11.2 Å². The van der Waals surface area contributed by atoms with E-state index >= 15 is 0 Å². The van der Waals surface area contributed by atoms with Crippen LogP contribution in [0, 0.1) is 10.7 Å². The minimum Gasteiger partial charge on any atom is -0.390 e. The van der Waals surface area contributed by atoms with Crippen molar-refractivity contribution in [2.24, 2.45) is 15.7 Å². The second-order valence-corrected chi connectivity index (χ2v) is 2.84. The Labute approximate surface area is 70.2 Å². The summed E-state index contributed by atoms with van der Waals surface area (Å²) in [6.45, 7) is 1.85. The van der Waals surface area contributed by atoms with Gasteiger partial charge in [-0.15, -0.1) is 0 Å². The van der Waals surface area contributed by atoms with Crippen molar-refractivity contribution >= 4 is 23.9 Å². The van der Waals surface area contributed by atoms with Crippen molar-refractivity contribution in [3.63, 3.8) is 0 Å². The van der Waals surface area contributed by atoms with Gasteiger partial charge in [0, 0.05) is 7.05 Å². The molecule has 0 amide bonds. The lowest BCUT2D eigenvalue weighted by Gasteiger charge is -2.02. The number of nitrogens with two attached hydrogens (primary N) is 1. The summed E-state index contributed by atoms with van der Waals surface area (Å²) in [6, 6.07) is 0. The molecule has 1 unspecified atom stereocenters. The molecule has 4 nitrogen and oxygen atoms in total. The quantitative estimate of drug-likeness (QED) is 0.374. The van der Waals surface area contributed by atoms with Crippen molar-refractivity contribution in [2.45, 2.75) is 12.2 Å². The van der Waals surface area contributed by atoms with E-state index in [2.05, 4.69) is 9.98 Å². The molecule has 0 rings (SSSR count). The average Bonchev–Trinajstić information content (AvgIpc) is 2.00. The fourth-order valence-electron chi connectivity index (χ4n) is 0.553. The zero-order valence-corrected chi connectivity index (χ0v) is 7.30. The summed E-state index contributed by atoms with van der Waals surface area (Å²) in [7, 11) is 1.62. The van der Waals surface area contributed by atoms with Crippen LogP contribution < -0.4 is 5.73 Å². The Hall–Kier alpha value is -1.02. The molecular weight excluding hydrogens is 160 g/mol. The zero-order valence-electron chi connectivity index (χ0n) is 6.48. The smallest absolute Gasteiger partial charge is 0.138 e. The van der Waals surface area contributed by atoms with Crippen molar-refractivity contribution in [3.8, 4) is 5.40 Å². The topological polar surface area (TPSA) is 74.5 Å². The lowest BCUT2D eigenvalue weighted by Crippen LogP contribution is -2.11. The molecule has 0 saturated heterocycles. The number of thioether (sulfide) groups is 1. The largest absolute Gasteiger partial charge is 0.390 e. The van der Waals surface area contributed by atoms with Crippen molar-refractivity contribution in [3.05, 3.63) is 0 Å². The van der Waals surface area contributed by atoms with Crippen molar-refractivity contribution in [1.29, 1.82) is 5.26 Å². The molecule has 2 N–H and O–H groups in total. The summed E-state index contributed by atoms with van der Waals surface area (Å²) < 4.78 is 0. The minimum absolute atomic E-state index is 0.0233. The number of rotatable bonds is 2. The molecule has 0 aliphatic rings. The first-order chi connectivity index (χ1) is 5.26. The van der Waals surface area contributed by atoms with E-state index in [1.54, 1.807) is 7.05 Å². The molecule has 0 saturated carbocycles. The van der Waals surface area contributed by atoms with Gasteiger partial charge in [0.15, 0.2) is 0 Å². The number of nitriles is 1. The lowest BCUT2D eigenvalue weighted by molar-refractivity contribution is 1.23. The molecule has 0 radical (unpaired) electrons. The molecule has 0 aliphatic carbocycles. The zero-order chi connectivity index (χ0) is 8.69. The highest BCUT2D eigenvalue weighted by atomic mass is 32.2. The van der Waals surface area contributed by atoms with Crippen LogP contribution in [0.15, 0.2) is 9.98 Å². The molecule has 0 spiro atoms. The van der Waals surface area contributed by atoms with Crippen LogP contribution >= 0.6 is 11.8 Å². The van der Waals surface area contributed by atoms with Crippen molar-refractivity contribution < 1.29 is 0 Å². The maximum Gasteiger partial charge on any atom is 0.138 e. The third kappa shape index (κ3) is 3.63. The third-order valence-corrected chi connectivity index (χ3v) is 1.70. The third-order valence-electron chi connectivity index (χ3n) is 1.03. The number of hydrogen-bond donors (Lipinski definition) is 1. The molecule has 0 aromatic heterocycles. The molecule has 1 atom stereocenters. The Morgan fingerprint density at radius 3 is 2.82 bits per heavy atom. The molecule has 0 bridgehead atoms. The standard InChI is InChI=1S/C6H10N4S/c1-5(11-4-8)6(9-2)10-3-7/h3,5H,1-2H3,(H2,7,9,10). The predicted molar refractivity (Wildman–Crippen MR) is 48.7 cm³/mol. The van der Waals surface area contributed by atoms with Gasteiger partial charge in [-0.25, -0.2) is 4.99 Å². The van der Waals surface area contributed by atoms with Crippen LogP contribution in [-0.2, 0) is 0 Å². The van der Waals surface area contributed by atoms with Gasteiger partial charge in [0.25, 0.3) is 0 Å². The minimum atomic E-state index is -0.0233. The van der Waals surface area contributed by atoms with Crippen LogP contribution in [-0.4, -0.2) is 24.5 Å². The Bertz CT molecular complexity index is 203. The Kier molecular flexibility index (Phi) is 5.21. The van der Waals surface area contributed by atoms with E-state index in [1.807, 2.05) is 12.3 Å². The lowest BCUT2D eigenvalue weighted by atomic mass is 10.4. The molecule has 0 aromatic carbocycles. The number of amidine groups is 1. The van der Waals surface area contributed by atoms with Gasteiger partial charge in [-0.05, 0) is 18.7 Å². The van der Waals surface area contributed by atoms with Crippen LogP contribution in [0.1, 0.15) is 6.92 Å². The molecular formula is C6H10N4S. The second kappa shape index (κ2) is 5.74. The fourth-order valence-corrected chi connectivity index (χ4v) is 0.982. The molecule has 60 valence electrons. The van der Waals surface area contributed by atoms with Gasteiger partial charge in [0.2, 0.25) is 0 Å². The van der Waals surface area contributed by atoms with E-state index in [1.165, 1.54) is 6.34 Å². The maximum atomic E-state index is 8.32. The number of hydrogen-bond acceptors (Lipinski definition) is 3. The summed E-state index contributed by atoms with van der Waals surface area (Å²) >= 11 is 1.11. The van der Waals surface area contributed by atoms with Gasteiger partial charge in [-0.1, -0.05) is 0 Å². The maximum absolute atomic E-state index is 8.32. The highest BCUT2D eigenvalue weighted by Gasteiger charge is 2.07. The van der Waals surface area contributed by atoms with Gasteiger partial charge >= 0.3 is 0 Å². The first kappa shape index (κ1) is 9.98. The normalized spacial score (nSPS) is 14.8. The van der Waals surface area contributed by atoms with E-state index < -0.39 is 0 Å². The molecule has 5 heteroatoms. The summed E-state index contributed by atoms with van der Waals surface area (Å²) in [4.78, 5) is 7.66. The number of nitrogens with zero attached hydrogens (tertiary/aromatic N) is 3. The Morgan fingerprint density at radius 2 is 2.45 bits per heavy atom. The average molecular weight is 170 g/mol. The van der Waals surface area contributed by atoms with Crippen molar-refractivity contribution in [1.82, 2.24) is 0 Å². The highest BCUT2D eigenvalue weighted by molar-refractivity contribution is 8.04. The Balaban J connectivity index is 4.18. The van der Waals surface area contributed by atoms with Crippen molar-refractivity contribution in [2.75, 3.05) is 7.05 Å². The van der Waals surface area contributed by atoms with Crippen LogP contribution in [0.2, 0.25) is 0 Å². The van der Waals surface area contributed by atoms with E-state index in [-0.39, 0.29) is 5.25 Å². The summed E-state index contributed by atoms with van der Waals surface area (Å²) in [5, 5.41) is 10.3. The molecule has 0 heterocycles. The summed E-state index contributed by atoms with van der Waals surface area (Å²) in [6.07, 6.45) is 1.18. The van der Waals surface area contributed by atoms with E-state index in [0.717, 1.165) is 11.8 Å². The van der Waals surface area contributed by atoms with E-state index in [9.17, 15) is 0 Å². The monoisotopic (exact) mass is 170 g/mol. The molecule has 0 aromatic rings. The van der Waals surface area contributed by atoms with Crippen LogP contribution in [0.25, 0.3) is 0 Å². The Morgan fingerprint density at radius 1 is 1.82 bits per heavy atom. The van der Waals surface area contributed by atoms with Gasteiger partial charge in [-0.2, -0.15) is 5.26 Å². The van der Waals surface area contributed by atoms with Crippen LogP contribution in [0.3, 0.4) is 0 Å². The van der Waals surface area contributed by atoms with E-state index in [0.29, 0.717) is 5.84 Å². The first-order valence-electron chi connectivity index (χ1n) is 3.02. The van der Waals surface area contributed by atoms with Gasteiger partial charge < -0.3 is 5.73 Å². The van der Waals surface area contributed by atoms with E-state index in [4.69, 9.17) is 11.0 Å². The fraction of sp³-hybridized carbons (Fsp3) is 0.500. The second-order valence-electron chi connectivity index (χ2n) is 1.71. The number of thiocyanates is 1. The summed E-state index contributed by atoms with van der Waals surface area (Å²) in [5.41, 5.74) is 5.07. The van der Waals surface area contributed by atoms with Crippen LogP contribution in [0.4, 0.5) is 0 Å². The predicted octanol–water partition coefficient (Wildman–Crippen LogP) is 0.604. The molecule has 0 aliphatic heterocycles. The van der Waals surface area contributed by atoms with Crippen LogP contribution in [0.5, 0.6) is 0 Å². The first-order valence-corrected chi connectivity index (χ1v) is 3.90. The van der Waals surface area contributed by atoms with Gasteiger partial charge in [-0.3, -0.25) is 4.99 Å². The SMILES string of the molecule is CN=C(N=CN)C(C)SC#N. The van der Waals surface area contributed by atoms with Gasteiger partial charge in [0.05, 0.1) is 11.6 Å². The summed E-state index contributed by atoms with van der Waals surface area (Å²) in [5.74, 6) is 0.582. The highest BCUT2D eigenvalue weighted by Crippen LogP contribution is 2.10.